The summed E-state index contributed by atoms with van der Waals surface area (Å²) in [6, 6.07) is 15.4. The van der Waals surface area contributed by atoms with Crippen LogP contribution >= 0.6 is 0 Å². The molecule has 0 radical (unpaired) electrons. The van der Waals surface area contributed by atoms with E-state index in [1.54, 1.807) is 24.3 Å². The predicted molar refractivity (Wildman–Crippen MR) is 108 cm³/mol. The van der Waals surface area contributed by atoms with E-state index in [-0.39, 0.29) is 26.2 Å². The smallest absolute Gasteiger partial charge is 0.115 e. The molecule has 0 amide bonds. The molecule has 144 valence electrons. The number of phenols is 2. The van der Waals surface area contributed by atoms with Crippen LogP contribution < -0.4 is 0 Å². The Balaban J connectivity index is 0.000000187. The molecule has 27 heavy (non-hydrogen) atoms. The molecule has 2 N–H and O–H groups in total. The summed E-state index contributed by atoms with van der Waals surface area (Å²) in [6.45, 7) is 0. The van der Waals surface area contributed by atoms with Gasteiger partial charge in [0.05, 0.1) is 0 Å². The molecule has 2 aliphatic rings. The van der Waals surface area contributed by atoms with Gasteiger partial charge in [0, 0.05) is 26.2 Å². The zero-order chi connectivity index (χ0) is 18.2. The Morgan fingerprint density at radius 1 is 0.481 bits per heavy atom. The maximum Gasteiger partial charge on any atom is 0.115 e. The van der Waals surface area contributed by atoms with E-state index in [1.807, 2.05) is 0 Å². The normalized spacial score (nSPS) is 18.1. The van der Waals surface area contributed by atoms with E-state index < -0.39 is 0 Å². The Kier molecular flexibility index (Phi) is 9.62. The van der Waals surface area contributed by atoms with Crippen LogP contribution in [0, 0.1) is 0 Å². The van der Waals surface area contributed by atoms with Crippen LogP contribution in [0.15, 0.2) is 48.5 Å². The van der Waals surface area contributed by atoms with Crippen molar-refractivity contribution in [1.82, 2.24) is 0 Å². The van der Waals surface area contributed by atoms with Crippen molar-refractivity contribution in [1.29, 1.82) is 0 Å². The molecule has 0 bridgehead atoms. The molecule has 2 aromatic rings. The summed E-state index contributed by atoms with van der Waals surface area (Å²) in [5, 5.41) is 18.3. The van der Waals surface area contributed by atoms with Gasteiger partial charge in [0.25, 0.3) is 0 Å². The van der Waals surface area contributed by atoms with Gasteiger partial charge in [0.1, 0.15) is 11.5 Å². The summed E-state index contributed by atoms with van der Waals surface area (Å²) in [5.74, 6) is 2.24. The number of hydrogen-bond donors (Lipinski definition) is 2. The maximum absolute atomic E-state index is 9.16. The van der Waals surface area contributed by atoms with Gasteiger partial charge in [0.15, 0.2) is 0 Å². The molecule has 4 rings (SSSR count). The zero-order valence-corrected chi connectivity index (χ0v) is 18.7. The van der Waals surface area contributed by atoms with E-state index in [4.69, 9.17) is 10.2 Å². The third-order valence-corrected chi connectivity index (χ3v) is 5.94. The minimum atomic E-state index is 0. The first-order valence-corrected chi connectivity index (χ1v) is 10.3. The van der Waals surface area contributed by atoms with Gasteiger partial charge in [-0.05, 0) is 72.9 Å². The second kappa shape index (κ2) is 11.7. The molecular formula is C24H32O2Zr. The van der Waals surface area contributed by atoms with Gasteiger partial charge in [-0.2, -0.15) is 0 Å². The molecule has 3 heteroatoms. The van der Waals surface area contributed by atoms with Gasteiger partial charge in [-0.3, -0.25) is 0 Å². The molecule has 0 aliphatic heterocycles. The van der Waals surface area contributed by atoms with Crippen LogP contribution in [0.1, 0.15) is 87.2 Å². The molecule has 2 saturated carbocycles. The van der Waals surface area contributed by atoms with Crippen molar-refractivity contribution in [3.05, 3.63) is 59.7 Å². The summed E-state index contributed by atoms with van der Waals surface area (Å²) >= 11 is 0. The van der Waals surface area contributed by atoms with Gasteiger partial charge in [0.2, 0.25) is 0 Å². The summed E-state index contributed by atoms with van der Waals surface area (Å²) in [7, 11) is 0. The minimum Gasteiger partial charge on any atom is -0.508 e. The fraction of sp³-hybridized carbons (Fsp3) is 0.500. The largest absolute Gasteiger partial charge is 0.508 e. The van der Waals surface area contributed by atoms with E-state index in [0.29, 0.717) is 11.5 Å². The molecule has 2 aliphatic carbocycles. The average molecular weight is 444 g/mol. The number of hydrogen-bond acceptors (Lipinski definition) is 2. The summed E-state index contributed by atoms with van der Waals surface area (Å²) in [4.78, 5) is 0. The fourth-order valence-electron chi connectivity index (χ4n) is 4.36. The minimum absolute atomic E-state index is 0. The molecule has 2 fully saturated rings. The Hall–Kier alpha value is -1.08. The van der Waals surface area contributed by atoms with Crippen molar-refractivity contribution in [2.75, 3.05) is 0 Å². The SMILES string of the molecule is Oc1ccc(C2CCCCC2)cc1.Oc1ccc(C2CCCCC2)cc1.[Zr]. The van der Waals surface area contributed by atoms with Crippen LogP contribution in [-0.4, -0.2) is 10.2 Å². The van der Waals surface area contributed by atoms with Crippen molar-refractivity contribution >= 4 is 0 Å². The molecule has 2 nitrogen and oxygen atoms in total. The Morgan fingerprint density at radius 3 is 1.07 bits per heavy atom. The zero-order valence-electron chi connectivity index (χ0n) is 16.2. The van der Waals surface area contributed by atoms with E-state index in [2.05, 4.69) is 24.3 Å². The first-order chi connectivity index (χ1) is 12.7. The standard InChI is InChI=1S/2C12H16O.Zr/c2*13-12-8-6-11(7-9-12)10-4-2-1-3-5-10;/h2*6-10,13H,1-5H2;. The summed E-state index contributed by atoms with van der Waals surface area (Å²) < 4.78 is 0. The van der Waals surface area contributed by atoms with E-state index in [9.17, 15) is 0 Å². The van der Waals surface area contributed by atoms with Crippen LogP contribution in [-0.2, 0) is 26.2 Å². The van der Waals surface area contributed by atoms with Crippen LogP contribution in [0.5, 0.6) is 11.5 Å². The predicted octanol–water partition coefficient (Wildman–Crippen LogP) is 6.88. The third-order valence-electron chi connectivity index (χ3n) is 5.94. The topological polar surface area (TPSA) is 40.5 Å². The quantitative estimate of drug-likeness (QED) is 0.531. The number of rotatable bonds is 2. The molecular weight excluding hydrogens is 411 g/mol. The monoisotopic (exact) mass is 442 g/mol. The van der Waals surface area contributed by atoms with Crippen molar-refractivity contribution in [3.8, 4) is 11.5 Å². The fourth-order valence-corrected chi connectivity index (χ4v) is 4.36. The van der Waals surface area contributed by atoms with Crippen LogP contribution in [0.2, 0.25) is 0 Å². The van der Waals surface area contributed by atoms with Crippen molar-refractivity contribution in [2.24, 2.45) is 0 Å². The second-order valence-corrected chi connectivity index (χ2v) is 7.85. The molecule has 0 saturated heterocycles. The van der Waals surface area contributed by atoms with Crippen LogP contribution in [0.3, 0.4) is 0 Å². The third kappa shape index (κ3) is 7.11. The van der Waals surface area contributed by atoms with Crippen molar-refractivity contribution < 1.29 is 36.4 Å². The first-order valence-electron chi connectivity index (χ1n) is 10.3. The Bertz CT molecular complexity index is 580. The molecule has 0 aromatic heterocycles. The van der Waals surface area contributed by atoms with Gasteiger partial charge >= 0.3 is 0 Å². The molecule has 0 spiro atoms. The van der Waals surface area contributed by atoms with Crippen LogP contribution in [0.4, 0.5) is 0 Å². The summed E-state index contributed by atoms with van der Waals surface area (Å²) in [6.07, 6.45) is 13.6. The van der Waals surface area contributed by atoms with Gasteiger partial charge < -0.3 is 10.2 Å². The number of benzene rings is 2. The number of phenolic OH excluding ortho intramolecular Hbond substituents is 2. The molecule has 0 unspecified atom stereocenters. The van der Waals surface area contributed by atoms with Crippen molar-refractivity contribution in [3.63, 3.8) is 0 Å². The van der Waals surface area contributed by atoms with Gasteiger partial charge in [-0.1, -0.05) is 62.8 Å². The Morgan fingerprint density at radius 2 is 0.778 bits per heavy atom. The van der Waals surface area contributed by atoms with Gasteiger partial charge in [-0.15, -0.1) is 0 Å². The molecule has 0 atom stereocenters. The summed E-state index contributed by atoms with van der Waals surface area (Å²) in [5.41, 5.74) is 2.80. The average Bonchev–Trinajstić information content (AvgIpc) is 2.71. The Labute approximate surface area is 183 Å². The molecule has 0 heterocycles. The van der Waals surface area contributed by atoms with Gasteiger partial charge in [-0.25, -0.2) is 0 Å². The van der Waals surface area contributed by atoms with Crippen molar-refractivity contribution in [2.45, 2.75) is 76.0 Å². The van der Waals surface area contributed by atoms with E-state index >= 15 is 0 Å². The second-order valence-electron chi connectivity index (χ2n) is 7.85. The molecule has 2 aromatic carbocycles. The first kappa shape index (κ1) is 22.2. The number of aromatic hydroxyl groups is 2. The van der Waals surface area contributed by atoms with E-state index in [1.165, 1.54) is 75.3 Å². The maximum atomic E-state index is 9.16. The van der Waals surface area contributed by atoms with E-state index in [0.717, 1.165) is 11.8 Å². The van der Waals surface area contributed by atoms with Crippen LogP contribution in [0.25, 0.3) is 0 Å².